The average Bonchev–Trinajstić information content (AvgIpc) is 3.25. The van der Waals surface area contributed by atoms with Crippen LogP contribution >= 0.6 is 22.9 Å². The fraction of sp³-hybridized carbons (Fsp3) is 0.238. The Balaban J connectivity index is 1.32. The van der Waals surface area contributed by atoms with Gasteiger partial charge in [0.25, 0.3) is 0 Å². The zero-order valence-electron chi connectivity index (χ0n) is 16.2. The maximum absolute atomic E-state index is 12.6. The Hall–Kier alpha value is -2.62. The summed E-state index contributed by atoms with van der Waals surface area (Å²) in [6, 6.07) is 11.8. The molecule has 0 unspecified atom stereocenters. The maximum atomic E-state index is 12.6. The Morgan fingerprint density at radius 3 is 2.71 bits per heavy atom. The van der Waals surface area contributed by atoms with Crippen molar-refractivity contribution in [2.45, 2.75) is 17.9 Å². The molecule has 3 aromatic rings. The van der Waals surface area contributed by atoms with Gasteiger partial charge in [-0.3, -0.25) is 4.79 Å². The number of rotatable bonds is 7. The van der Waals surface area contributed by atoms with E-state index >= 15 is 0 Å². The predicted molar refractivity (Wildman–Crippen MR) is 116 cm³/mol. The fourth-order valence-electron chi connectivity index (χ4n) is 2.91. The quantitative estimate of drug-likeness (QED) is 0.470. The van der Waals surface area contributed by atoms with Crippen molar-refractivity contribution in [1.82, 2.24) is 4.98 Å². The van der Waals surface area contributed by atoms with Crippen molar-refractivity contribution in [3.63, 3.8) is 0 Å². The van der Waals surface area contributed by atoms with E-state index in [1.807, 2.05) is 18.2 Å². The molecule has 1 aliphatic heterocycles. The second-order valence-corrected chi connectivity index (χ2v) is 10.0. The maximum Gasteiger partial charge on any atom is 0.307 e. The first-order valence-electron chi connectivity index (χ1n) is 9.40. The van der Waals surface area contributed by atoms with Crippen LogP contribution in [0.1, 0.15) is 12.1 Å². The lowest BCUT2D eigenvalue weighted by Crippen LogP contribution is -2.17. The fourth-order valence-corrected chi connectivity index (χ4v) is 5.27. The van der Waals surface area contributed by atoms with Crippen LogP contribution in [0.4, 0.5) is 0 Å². The minimum atomic E-state index is -3.67. The standard InChI is InChI=1S/C21H18ClNO6S2/c22-17-4-2-1-3-16(17)21-23-14(13-30-21)12-29-20(24)7-10-31(25,26)15-5-6-18-19(11-15)28-9-8-27-18/h1-6,11,13H,7-10,12H2. The van der Waals surface area contributed by atoms with E-state index < -0.39 is 15.8 Å². The smallest absolute Gasteiger partial charge is 0.307 e. The van der Waals surface area contributed by atoms with Crippen LogP contribution in [0.2, 0.25) is 5.02 Å². The topological polar surface area (TPSA) is 91.8 Å². The second-order valence-electron chi connectivity index (χ2n) is 6.66. The number of hydrogen-bond acceptors (Lipinski definition) is 8. The summed E-state index contributed by atoms with van der Waals surface area (Å²) in [5, 5.41) is 3.08. The van der Waals surface area contributed by atoms with Crippen LogP contribution in [0.5, 0.6) is 11.5 Å². The van der Waals surface area contributed by atoms with E-state index in [0.29, 0.717) is 35.4 Å². The predicted octanol–water partition coefficient (Wildman–Crippen LogP) is 4.14. The molecule has 4 rings (SSSR count). The molecular weight excluding hydrogens is 462 g/mol. The summed E-state index contributed by atoms with van der Waals surface area (Å²) in [4.78, 5) is 16.6. The van der Waals surface area contributed by atoms with Gasteiger partial charge >= 0.3 is 5.97 Å². The minimum absolute atomic E-state index is 0.0378. The van der Waals surface area contributed by atoms with Gasteiger partial charge in [-0.1, -0.05) is 29.8 Å². The molecule has 162 valence electrons. The largest absolute Gasteiger partial charge is 0.486 e. The molecule has 0 radical (unpaired) electrons. The van der Waals surface area contributed by atoms with Gasteiger partial charge in [-0.05, 0) is 18.2 Å². The summed E-state index contributed by atoms with van der Waals surface area (Å²) < 4.78 is 41.1. The van der Waals surface area contributed by atoms with Crippen LogP contribution in [-0.4, -0.2) is 38.3 Å². The lowest BCUT2D eigenvalue weighted by Gasteiger charge is -2.18. The molecule has 2 aromatic carbocycles. The van der Waals surface area contributed by atoms with Gasteiger partial charge in [0, 0.05) is 17.0 Å². The van der Waals surface area contributed by atoms with Gasteiger partial charge in [-0.15, -0.1) is 11.3 Å². The van der Waals surface area contributed by atoms with Crippen molar-refractivity contribution >= 4 is 38.7 Å². The van der Waals surface area contributed by atoms with E-state index in [0.717, 1.165) is 10.6 Å². The molecule has 0 saturated heterocycles. The summed E-state index contributed by atoms with van der Waals surface area (Å²) in [5.74, 6) is -0.0989. The molecule has 1 aromatic heterocycles. The molecular formula is C21H18ClNO6S2. The number of halogens is 1. The van der Waals surface area contributed by atoms with E-state index in [9.17, 15) is 13.2 Å². The second kappa shape index (κ2) is 9.25. The molecule has 0 saturated carbocycles. The zero-order valence-corrected chi connectivity index (χ0v) is 18.6. The highest BCUT2D eigenvalue weighted by Crippen LogP contribution is 2.33. The van der Waals surface area contributed by atoms with Crippen molar-refractivity contribution in [2.24, 2.45) is 0 Å². The summed E-state index contributed by atoms with van der Waals surface area (Å²) >= 11 is 7.57. The van der Waals surface area contributed by atoms with E-state index in [-0.39, 0.29) is 23.7 Å². The van der Waals surface area contributed by atoms with Gasteiger partial charge in [0.05, 0.1) is 27.8 Å². The van der Waals surface area contributed by atoms with Crippen molar-refractivity contribution < 1.29 is 27.4 Å². The number of nitrogens with zero attached hydrogens (tertiary/aromatic N) is 1. The molecule has 10 heteroatoms. The minimum Gasteiger partial charge on any atom is -0.486 e. The Morgan fingerprint density at radius 1 is 1.13 bits per heavy atom. The molecule has 0 amide bonds. The van der Waals surface area contributed by atoms with Crippen LogP contribution in [0, 0.1) is 0 Å². The van der Waals surface area contributed by atoms with Crippen molar-refractivity contribution in [1.29, 1.82) is 0 Å². The molecule has 7 nitrogen and oxygen atoms in total. The number of aromatic nitrogens is 1. The normalized spacial score (nSPS) is 13.1. The molecule has 0 bridgehead atoms. The Kier molecular flexibility index (Phi) is 6.45. The number of fused-ring (bicyclic) bond motifs is 1. The first kappa shape index (κ1) is 21.6. The number of benzene rings is 2. The number of hydrogen-bond donors (Lipinski definition) is 0. The Bertz CT molecular complexity index is 1210. The van der Waals surface area contributed by atoms with Crippen LogP contribution in [0.3, 0.4) is 0 Å². The van der Waals surface area contributed by atoms with Gasteiger partial charge < -0.3 is 14.2 Å². The summed E-state index contributed by atoms with van der Waals surface area (Å²) in [6.07, 6.45) is -0.266. The van der Waals surface area contributed by atoms with Crippen LogP contribution in [0.15, 0.2) is 52.7 Å². The van der Waals surface area contributed by atoms with E-state index in [1.165, 1.54) is 23.5 Å². The number of carbonyl (C=O) groups excluding carboxylic acids is 1. The summed E-state index contributed by atoms with van der Waals surface area (Å²) in [7, 11) is -3.67. The number of thiazole rings is 1. The summed E-state index contributed by atoms with van der Waals surface area (Å²) in [6.45, 7) is 0.741. The number of sulfone groups is 1. The van der Waals surface area contributed by atoms with E-state index in [1.54, 1.807) is 17.5 Å². The third-order valence-electron chi connectivity index (χ3n) is 4.48. The zero-order chi connectivity index (χ0) is 21.8. The van der Waals surface area contributed by atoms with Crippen molar-refractivity contribution in [3.05, 3.63) is 58.6 Å². The number of ether oxygens (including phenoxy) is 3. The monoisotopic (exact) mass is 479 g/mol. The highest BCUT2D eigenvalue weighted by molar-refractivity contribution is 7.91. The van der Waals surface area contributed by atoms with Crippen LogP contribution < -0.4 is 9.47 Å². The van der Waals surface area contributed by atoms with Gasteiger partial charge in [-0.2, -0.15) is 0 Å². The SMILES string of the molecule is O=C(CCS(=O)(=O)c1ccc2c(c1)OCCO2)OCc1csc(-c2ccccc2Cl)n1. The lowest BCUT2D eigenvalue weighted by molar-refractivity contribution is -0.144. The van der Waals surface area contributed by atoms with Crippen molar-refractivity contribution in [3.8, 4) is 22.1 Å². The van der Waals surface area contributed by atoms with Crippen LogP contribution in [0.25, 0.3) is 10.6 Å². The molecule has 0 spiro atoms. The van der Waals surface area contributed by atoms with E-state index in [2.05, 4.69) is 4.98 Å². The number of esters is 1. The van der Waals surface area contributed by atoms with Gasteiger partial charge in [0.1, 0.15) is 24.8 Å². The molecule has 0 fully saturated rings. The highest BCUT2D eigenvalue weighted by atomic mass is 35.5. The van der Waals surface area contributed by atoms with Crippen molar-refractivity contribution in [2.75, 3.05) is 19.0 Å². The first-order chi connectivity index (χ1) is 14.9. The van der Waals surface area contributed by atoms with E-state index in [4.69, 9.17) is 25.8 Å². The Labute approximate surface area is 188 Å². The highest BCUT2D eigenvalue weighted by Gasteiger charge is 2.21. The molecule has 0 atom stereocenters. The molecule has 0 N–H and O–H groups in total. The molecule has 1 aliphatic rings. The average molecular weight is 480 g/mol. The molecule has 31 heavy (non-hydrogen) atoms. The lowest BCUT2D eigenvalue weighted by atomic mass is 10.2. The molecule has 0 aliphatic carbocycles. The third-order valence-corrected chi connectivity index (χ3v) is 7.45. The van der Waals surface area contributed by atoms with Crippen LogP contribution in [-0.2, 0) is 26.0 Å². The van der Waals surface area contributed by atoms with Gasteiger partial charge in [0.2, 0.25) is 0 Å². The summed E-state index contributed by atoms with van der Waals surface area (Å²) in [5.41, 5.74) is 1.38. The first-order valence-corrected chi connectivity index (χ1v) is 12.3. The van der Waals surface area contributed by atoms with Gasteiger partial charge in [0.15, 0.2) is 21.3 Å². The Morgan fingerprint density at radius 2 is 1.90 bits per heavy atom. The molecule has 2 heterocycles. The number of carbonyl (C=O) groups is 1. The third kappa shape index (κ3) is 5.17. The van der Waals surface area contributed by atoms with Gasteiger partial charge in [-0.25, -0.2) is 13.4 Å².